The molecular weight excluding hydrogens is 168 g/mol. The van der Waals surface area contributed by atoms with Gasteiger partial charge in [0.2, 0.25) is 0 Å². The molecule has 49 valence electrons. The molecule has 0 atom stereocenters. The van der Waals surface area contributed by atoms with Gasteiger partial charge in [0, 0.05) is 20.0 Å². The van der Waals surface area contributed by atoms with Crippen molar-refractivity contribution in [2.75, 3.05) is 13.6 Å². The van der Waals surface area contributed by atoms with E-state index in [-0.39, 0.29) is 0 Å². The van der Waals surface area contributed by atoms with Crippen LogP contribution in [0.4, 0.5) is 0 Å². The monoisotopic (exact) mass is 174 g/mol. The normalized spacial score (nSPS) is 12.0. The van der Waals surface area contributed by atoms with Crippen molar-refractivity contribution in [3.05, 3.63) is 0 Å². The van der Waals surface area contributed by atoms with Gasteiger partial charge in [-0.2, -0.15) is 0 Å². The van der Waals surface area contributed by atoms with Gasteiger partial charge in [0.05, 0.1) is 0 Å². The minimum atomic E-state index is -1.13. The first-order valence-corrected chi connectivity index (χ1v) is 3.32. The van der Waals surface area contributed by atoms with Gasteiger partial charge in [-0.25, -0.2) is 5.32 Å². The van der Waals surface area contributed by atoms with Crippen molar-refractivity contribution in [2.45, 2.75) is 10.2 Å². The molecule has 0 rings (SSSR count). The first kappa shape index (κ1) is 8.83. The fourth-order valence-electron chi connectivity index (χ4n) is 0.239. The van der Waals surface area contributed by atoms with Crippen LogP contribution in [0.25, 0.3) is 0 Å². The molecule has 0 aromatic rings. The maximum Gasteiger partial charge on any atom is 0.191 e. The highest BCUT2D eigenvalue weighted by molar-refractivity contribution is 6.67. The van der Waals surface area contributed by atoms with Crippen LogP contribution in [0.1, 0.15) is 6.42 Å². The Morgan fingerprint density at radius 2 is 1.88 bits per heavy atom. The molecule has 8 heavy (non-hydrogen) atoms. The second-order valence-corrected chi connectivity index (χ2v) is 3.92. The molecule has 0 aliphatic rings. The maximum absolute atomic E-state index is 5.38. The van der Waals surface area contributed by atoms with E-state index in [1.54, 1.807) is 7.05 Å². The highest BCUT2D eigenvalue weighted by atomic mass is 35.6. The van der Waals surface area contributed by atoms with Crippen molar-refractivity contribution in [1.29, 1.82) is 0 Å². The Morgan fingerprint density at radius 3 is 2.00 bits per heavy atom. The van der Waals surface area contributed by atoms with E-state index in [1.165, 1.54) is 0 Å². The van der Waals surface area contributed by atoms with E-state index in [0.29, 0.717) is 13.0 Å². The number of halogens is 3. The topological polar surface area (TPSA) is 14.1 Å². The summed E-state index contributed by atoms with van der Waals surface area (Å²) in [7, 11) is 1.69. The first-order valence-electron chi connectivity index (χ1n) is 2.18. The highest BCUT2D eigenvalue weighted by Gasteiger charge is 2.17. The van der Waals surface area contributed by atoms with E-state index in [0.717, 1.165) is 0 Å². The predicted molar refractivity (Wildman–Crippen MR) is 37.8 cm³/mol. The van der Waals surface area contributed by atoms with Crippen LogP contribution in [0.3, 0.4) is 0 Å². The summed E-state index contributed by atoms with van der Waals surface area (Å²) in [4.78, 5) is 0. The SMILES string of the molecule is C[N]CCC(Cl)(Cl)Cl. The number of hydrogen-bond donors (Lipinski definition) is 0. The summed E-state index contributed by atoms with van der Waals surface area (Å²) < 4.78 is -1.13. The summed E-state index contributed by atoms with van der Waals surface area (Å²) in [5.41, 5.74) is 0. The molecule has 0 saturated heterocycles. The zero-order chi connectivity index (χ0) is 6.62. The van der Waals surface area contributed by atoms with E-state index >= 15 is 0 Å². The summed E-state index contributed by atoms with van der Waals surface area (Å²) in [6.45, 7) is 0.608. The number of alkyl halides is 3. The highest BCUT2D eigenvalue weighted by Crippen LogP contribution is 2.29. The molecule has 0 unspecified atom stereocenters. The van der Waals surface area contributed by atoms with Crippen LogP contribution in [0.2, 0.25) is 0 Å². The molecule has 0 N–H and O–H groups in total. The standard InChI is InChI=1S/C4H7Cl3N/c1-8-3-2-4(5,6)7/h2-3H2,1H3. The van der Waals surface area contributed by atoms with E-state index < -0.39 is 3.79 Å². The van der Waals surface area contributed by atoms with Gasteiger partial charge in [0.15, 0.2) is 3.79 Å². The molecule has 0 fully saturated rings. The Morgan fingerprint density at radius 1 is 1.38 bits per heavy atom. The van der Waals surface area contributed by atoms with Gasteiger partial charge in [-0.05, 0) is 0 Å². The van der Waals surface area contributed by atoms with Crippen LogP contribution in [0.15, 0.2) is 0 Å². The van der Waals surface area contributed by atoms with Crippen LogP contribution in [-0.2, 0) is 0 Å². The van der Waals surface area contributed by atoms with Gasteiger partial charge >= 0.3 is 0 Å². The molecule has 4 heteroatoms. The smallest absolute Gasteiger partial charge is 0.191 e. The molecule has 0 aromatic heterocycles. The summed E-state index contributed by atoms with van der Waals surface area (Å²) in [5, 5.41) is 3.77. The molecule has 0 bridgehead atoms. The molecule has 0 aromatic carbocycles. The summed E-state index contributed by atoms with van der Waals surface area (Å²) in [5.74, 6) is 0. The van der Waals surface area contributed by atoms with Gasteiger partial charge in [0.25, 0.3) is 0 Å². The lowest BCUT2D eigenvalue weighted by Crippen LogP contribution is -2.10. The van der Waals surface area contributed by atoms with Gasteiger partial charge < -0.3 is 0 Å². The van der Waals surface area contributed by atoms with Gasteiger partial charge in [-0.15, -0.1) is 0 Å². The Hall–Kier alpha value is 0.830. The van der Waals surface area contributed by atoms with Crippen LogP contribution in [0.5, 0.6) is 0 Å². The van der Waals surface area contributed by atoms with Gasteiger partial charge in [0.1, 0.15) is 0 Å². The van der Waals surface area contributed by atoms with E-state index in [4.69, 9.17) is 34.8 Å². The molecule has 0 amide bonds. The fraction of sp³-hybridized carbons (Fsp3) is 1.00. The lowest BCUT2D eigenvalue weighted by Gasteiger charge is -2.07. The molecule has 0 aliphatic heterocycles. The first-order chi connectivity index (χ1) is 3.56. The average molecular weight is 175 g/mol. The van der Waals surface area contributed by atoms with Crippen molar-refractivity contribution >= 4 is 34.8 Å². The number of hydrogen-bond acceptors (Lipinski definition) is 0. The van der Waals surface area contributed by atoms with E-state index in [2.05, 4.69) is 5.32 Å². The zero-order valence-corrected chi connectivity index (χ0v) is 6.76. The maximum atomic E-state index is 5.38. The Labute approximate surface area is 64.3 Å². The third kappa shape index (κ3) is 6.83. The molecular formula is C4H7Cl3N. The summed E-state index contributed by atoms with van der Waals surface area (Å²) in [6, 6.07) is 0. The van der Waals surface area contributed by atoms with Crippen LogP contribution in [-0.4, -0.2) is 17.4 Å². The third-order valence-corrected chi connectivity index (χ3v) is 1.19. The van der Waals surface area contributed by atoms with Gasteiger partial charge in [-0.1, -0.05) is 34.8 Å². The minimum absolute atomic E-state index is 0.494. The molecule has 0 aliphatic carbocycles. The lowest BCUT2D eigenvalue weighted by atomic mass is 10.5. The van der Waals surface area contributed by atoms with E-state index in [9.17, 15) is 0 Å². The van der Waals surface area contributed by atoms with Crippen LogP contribution in [0, 0.1) is 0 Å². The Balaban J connectivity index is 3.11. The number of rotatable bonds is 2. The van der Waals surface area contributed by atoms with Crippen molar-refractivity contribution in [2.24, 2.45) is 0 Å². The van der Waals surface area contributed by atoms with Gasteiger partial charge in [-0.3, -0.25) is 0 Å². The predicted octanol–water partition coefficient (Wildman–Crippen LogP) is 1.98. The molecule has 1 radical (unpaired) electrons. The van der Waals surface area contributed by atoms with Crippen molar-refractivity contribution in [3.8, 4) is 0 Å². The summed E-state index contributed by atoms with van der Waals surface area (Å²) >= 11 is 16.1. The largest absolute Gasteiger partial charge is 0.245 e. The molecule has 0 spiro atoms. The third-order valence-electron chi connectivity index (χ3n) is 0.619. The molecule has 1 nitrogen and oxygen atoms in total. The quantitative estimate of drug-likeness (QED) is 0.570. The Bertz CT molecular complexity index is 58.8. The van der Waals surface area contributed by atoms with Crippen LogP contribution >= 0.6 is 34.8 Å². The zero-order valence-electron chi connectivity index (χ0n) is 4.50. The van der Waals surface area contributed by atoms with Crippen LogP contribution < -0.4 is 5.32 Å². The molecule has 0 saturated carbocycles. The van der Waals surface area contributed by atoms with Crippen molar-refractivity contribution in [1.82, 2.24) is 5.32 Å². The average Bonchev–Trinajstić information content (AvgIpc) is 1.59. The van der Waals surface area contributed by atoms with Crippen molar-refractivity contribution in [3.63, 3.8) is 0 Å². The van der Waals surface area contributed by atoms with E-state index in [1.807, 2.05) is 0 Å². The summed E-state index contributed by atoms with van der Waals surface area (Å²) in [6.07, 6.45) is 0.494. The molecule has 0 heterocycles. The minimum Gasteiger partial charge on any atom is -0.245 e. The lowest BCUT2D eigenvalue weighted by molar-refractivity contribution is 0.727. The second-order valence-electron chi connectivity index (χ2n) is 1.41. The Kier molecular flexibility index (Phi) is 4.17. The fourth-order valence-corrected chi connectivity index (χ4v) is 0.492. The second kappa shape index (κ2) is 3.78. The van der Waals surface area contributed by atoms with Crippen molar-refractivity contribution < 1.29 is 0 Å². The number of nitrogens with zero attached hydrogens (tertiary/aromatic N) is 1.